The van der Waals surface area contributed by atoms with Crippen molar-refractivity contribution >= 4 is 22.8 Å². The molecule has 0 radical (unpaired) electrons. The minimum atomic E-state index is -0.406. The Morgan fingerprint density at radius 1 is 1.29 bits per heavy atom. The van der Waals surface area contributed by atoms with Gasteiger partial charge in [0.1, 0.15) is 0 Å². The van der Waals surface area contributed by atoms with E-state index in [1.807, 2.05) is 13.0 Å². The summed E-state index contributed by atoms with van der Waals surface area (Å²) in [5, 5.41) is 0.0863. The topological polar surface area (TPSA) is 43.4 Å². The van der Waals surface area contributed by atoms with Crippen LogP contribution in [-0.2, 0) is 9.53 Å². The summed E-state index contributed by atoms with van der Waals surface area (Å²) in [6.07, 6.45) is 2.41. The van der Waals surface area contributed by atoms with Gasteiger partial charge in [0.2, 0.25) is 0 Å². The summed E-state index contributed by atoms with van der Waals surface area (Å²) in [5.74, 6) is -0.406. The predicted molar refractivity (Wildman–Crippen MR) is 68.2 cm³/mol. The maximum atomic E-state index is 11.6. The molecule has 1 aromatic carbocycles. The lowest BCUT2D eigenvalue weighted by Gasteiger charge is -2.06. The third kappa shape index (κ3) is 4.23. The van der Waals surface area contributed by atoms with Crippen LogP contribution < -0.4 is 0 Å². The van der Waals surface area contributed by atoms with E-state index < -0.39 is 5.97 Å². The van der Waals surface area contributed by atoms with Crippen LogP contribution in [0.2, 0.25) is 0 Å². The number of thioether (sulfide) groups is 1. The summed E-state index contributed by atoms with van der Waals surface area (Å²) < 4.78 is 4.68. The Hall–Kier alpha value is -1.29. The molecular formula is C13H16O3S. The van der Waals surface area contributed by atoms with Gasteiger partial charge in [-0.15, -0.1) is 0 Å². The highest BCUT2D eigenvalue weighted by molar-refractivity contribution is 8.13. The predicted octanol–water partition coefficient (Wildman–Crippen LogP) is 3.28. The van der Waals surface area contributed by atoms with E-state index in [1.54, 1.807) is 18.2 Å². The fraction of sp³-hybridized carbons (Fsp3) is 0.385. The van der Waals surface area contributed by atoms with Crippen LogP contribution in [0.1, 0.15) is 36.5 Å². The molecule has 92 valence electrons. The molecule has 0 amide bonds. The molecule has 0 aliphatic carbocycles. The van der Waals surface area contributed by atoms with Crippen LogP contribution in [0.15, 0.2) is 29.2 Å². The molecule has 0 aromatic heterocycles. The van der Waals surface area contributed by atoms with E-state index in [2.05, 4.69) is 4.74 Å². The van der Waals surface area contributed by atoms with E-state index in [0.717, 1.165) is 24.6 Å². The minimum Gasteiger partial charge on any atom is -0.465 e. The molecule has 0 bridgehead atoms. The van der Waals surface area contributed by atoms with Crippen molar-refractivity contribution in [1.82, 2.24) is 0 Å². The minimum absolute atomic E-state index is 0.0863. The largest absolute Gasteiger partial charge is 0.465 e. The molecule has 0 saturated heterocycles. The van der Waals surface area contributed by atoms with Crippen molar-refractivity contribution in [1.29, 1.82) is 0 Å². The number of carbonyl (C=O) groups is 2. The highest BCUT2D eigenvalue weighted by Gasteiger charge is 2.14. The second kappa shape index (κ2) is 7.12. The lowest BCUT2D eigenvalue weighted by Crippen LogP contribution is -2.04. The lowest BCUT2D eigenvalue weighted by molar-refractivity contribution is -0.111. The normalized spacial score (nSPS) is 10.0. The number of carbonyl (C=O) groups excluding carboxylic acids is 2. The standard InChI is InChI=1S/C13H16O3S/c1-3-4-9-12(14)17-11-8-6-5-7-10(11)13(15)16-2/h5-8H,3-4,9H2,1-2H3. The van der Waals surface area contributed by atoms with Crippen LogP contribution in [0.4, 0.5) is 0 Å². The van der Waals surface area contributed by atoms with E-state index in [-0.39, 0.29) is 5.12 Å². The third-order valence-corrected chi connectivity index (χ3v) is 3.26. The van der Waals surface area contributed by atoms with Gasteiger partial charge in [-0.2, -0.15) is 0 Å². The monoisotopic (exact) mass is 252 g/mol. The molecule has 17 heavy (non-hydrogen) atoms. The van der Waals surface area contributed by atoms with Crippen LogP contribution in [0.5, 0.6) is 0 Å². The first-order chi connectivity index (χ1) is 8.19. The van der Waals surface area contributed by atoms with Crippen LogP contribution in [0.25, 0.3) is 0 Å². The smallest absolute Gasteiger partial charge is 0.339 e. The number of hydrogen-bond donors (Lipinski definition) is 0. The van der Waals surface area contributed by atoms with E-state index in [1.165, 1.54) is 7.11 Å². The molecule has 0 aliphatic heterocycles. The van der Waals surface area contributed by atoms with Gasteiger partial charge >= 0.3 is 5.97 Å². The Bertz CT molecular complexity index is 401. The average molecular weight is 252 g/mol. The third-order valence-electron chi connectivity index (χ3n) is 2.25. The van der Waals surface area contributed by atoms with Gasteiger partial charge in [0, 0.05) is 11.3 Å². The van der Waals surface area contributed by atoms with Crippen LogP contribution in [0, 0.1) is 0 Å². The first-order valence-corrected chi connectivity index (χ1v) is 6.38. The van der Waals surface area contributed by atoms with Gasteiger partial charge in [0.05, 0.1) is 12.7 Å². The first kappa shape index (κ1) is 13.8. The van der Waals surface area contributed by atoms with Crippen molar-refractivity contribution in [3.05, 3.63) is 29.8 Å². The van der Waals surface area contributed by atoms with Gasteiger partial charge in [0.15, 0.2) is 5.12 Å². The summed E-state index contributed by atoms with van der Waals surface area (Å²) in [6, 6.07) is 7.00. The van der Waals surface area contributed by atoms with Gasteiger partial charge in [-0.05, 0) is 18.6 Å². The molecule has 0 aliphatic rings. The summed E-state index contributed by atoms with van der Waals surface area (Å²) >= 11 is 1.11. The Labute approximate surface area is 106 Å². The summed E-state index contributed by atoms with van der Waals surface area (Å²) in [6.45, 7) is 2.04. The fourth-order valence-corrected chi connectivity index (χ4v) is 2.23. The quantitative estimate of drug-likeness (QED) is 0.596. The fourth-order valence-electron chi connectivity index (χ4n) is 1.33. The molecule has 0 fully saturated rings. The maximum absolute atomic E-state index is 11.6. The van der Waals surface area contributed by atoms with E-state index in [4.69, 9.17) is 0 Å². The second-order valence-electron chi connectivity index (χ2n) is 3.57. The molecule has 0 saturated carbocycles. The van der Waals surface area contributed by atoms with Gasteiger partial charge in [-0.3, -0.25) is 4.79 Å². The Balaban J connectivity index is 2.76. The second-order valence-corrected chi connectivity index (χ2v) is 4.66. The molecule has 4 heteroatoms. The van der Waals surface area contributed by atoms with Crippen LogP contribution in [0.3, 0.4) is 0 Å². The van der Waals surface area contributed by atoms with E-state index >= 15 is 0 Å². The van der Waals surface area contributed by atoms with Crippen LogP contribution in [-0.4, -0.2) is 18.2 Å². The molecule has 1 aromatic rings. The SMILES string of the molecule is CCCCC(=O)Sc1ccccc1C(=O)OC. The van der Waals surface area contributed by atoms with Crippen molar-refractivity contribution < 1.29 is 14.3 Å². The summed E-state index contributed by atoms with van der Waals surface area (Å²) in [4.78, 5) is 23.8. The number of unbranched alkanes of at least 4 members (excludes halogenated alkanes) is 1. The first-order valence-electron chi connectivity index (χ1n) is 5.57. The molecule has 0 unspecified atom stereocenters. The number of esters is 1. The van der Waals surface area contributed by atoms with Crippen molar-refractivity contribution in [3.63, 3.8) is 0 Å². The van der Waals surface area contributed by atoms with Gasteiger partial charge in [-0.25, -0.2) is 4.79 Å². The molecule has 3 nitrogen and oxygen atoms in total. The maximum Gasteiger partial charge on any atom is 0.339 e. The molecule has 0 N–H and O–H groups in total. The molecular weight excluding hydrogens is 236 g/mol. The molecule has 0 atom stereocenters. The Morgan fingerprint density at radius 3 is 2.65 bits per heavy atom. The summed E-state index contributed by atoms with van der Waals surface area (Å²) in [7, 11) is 1.34. The van der Waals surface area contributed by atoms with Crippen LogP contribution >= 0.6 is 11.8 Å². The molecule has 0 heterocycles. The Morgan fingerprint density at radius 2 is 2.00 bits per heavy atom. The van der Waals surface area contributed by atoms with Gasteiger partial charge in [0.25, 0.3) is 0 Å². The van der Waals surface area contributed by atoms with Crippen molar-refractivity contribution in [2.24, 2.45) is 0 Å². The summed E-state index contributed by atoms with van der Waals surface area (Å²) in [5.41, 5.74) is 0.449. The number of methoxy groups -OCH3 is 1. The number of hydrogen-bond acceptors (Lipinski definition) is 4. The average Bonchev–Trinajstić information content (AvgIpc) is 2.36. The zero-order valence-electron chi connectivity index (χ0n) is 10.1. The Kier molecular flexibility index (Phi) is 5.77. The van der Waals surface area contributed by atoms with E-state index in [9.17, 15) is 9.59 Å². The highest BCUT2D eigenvalue weighted by Crippen LogP contribution is 2.25. The van der Waals surface area contributed by atoms with Gasteiger partial charge < -0.3 is 4.74 Å². The number of ether oxygens (including phenoxy) is 1. The van der Waals surface area contributed by atoms with Crippen molar-refractivity contribution in [2.75, 3.05) is 7.11 Å². The van der Waals surface area contributed by atoms with Crippen molar-refractivity contribution in [3.8, 4) is 0 Å². The number of rotatable bonds is 5. The molecule has 1 rings (SSSR count). The van der Waals surface area contributed by atoms with E-state index in [0.29, 0.717) is 16.9 Å². The highest BCUT2D eigenvalue weighted by atomic mass is 32.2. The zero-order valence-corrected chi connectivity index (χ0v) is 10.9. The van der Waals surface area contributed by atoms with Gasteiger partial charge in [-0.1, -0.05) is 37.2 Å². The molecule has 0 spiro atoms. The number of benzene rings is 1. The zero-order chi connectivity index (χ0) is 12.7. The lowest BCUT2D eigenvalue weighted by atomic mass is 10.2. The van der Waals surface area contributed by atoms with Crippen molar-refractivity contribution in [2.45, 2.75) is 31.1 Å².